The van der Waals surface area contributed by atoms with Crippen molar-refractivity contribution in [1.82, 2.24) is 0 Å². The Kier molecular flexibility index (Phi) is 10.8. The molecule has 0 fully saturated rings. The Labute approximate surface area is 75.5 Å². The Hall–Kier alpha value is -0.120. The molecule has 74 valence electrons. The van der Waals surface area contributed by atoms with Gasteiger partial charge in [0.25, 0.3) is 0 Å². The van der Waals surface area contributed by atoms with Crippen molar-refractivity contribution in [1.29, 1.82) is 0 Å². The largest absolute Gasteiger partial charge is 0.381 e. The number of ether oxygens (including phenoxy) is 1. The van der Waals surface area contributed by atoms with Crippen molar-refractivity contribution in [3.05, 3.63) is 0 Å². The van der Waals surface area contributed by atoms with Crippen LogP contribution in [0.1, 0.15) is 32.1 Å². The highest BCUT2D eigenvalue weighted by atomic mass is 16.5. The van der Waals surface area contributed by atoms with Crippen molar-refractivity contribution in [3.8, 4) is 0 Å². The van der Waals surface area contributed by atoms with Crippen molar-refractivity contribution in [2.24, 2.45) is 11.5 Å². The third-order valence-electron chi connectivity index (χ3n) is 1.74. The van der Waals surface area contributed by atoms with E-state index in [1.165, 1.54) is 12.8 Å². The summed E-state index contributed by atoms with van der Waals surface area (Å²) in [6.45, 7) is 3.24. The number of nitrogens with two attached hydrogens (primary N) is 2. The van der Waals surface area contributed by atoms with E-state index < -0.39 is 0 Å². The lowest BCUT2D eigenvalue weighted by molar-refractivity contribution is 0.129. The van der Waals surface area contributed by atoms with E-state index in [4.69, 9.17) is 16.2 Å². The molecule has 0 spiro atoms. The molecule has 12 heavy (non-hydrogen) atoms. The van der Waals surface area contributed by atoms with Gasteiger partial charge in [0.15, 0.2) is 0 Å². The van der Waals surface area contributed by atoms with E-state index >= 15 is 0 Å². The Morgan fingerprint density at radius 1 is 0.667 bits per heavy atom. The monoisotopic (exact) mass is 174 g/mol. The lowest BCUT2D eigenvalue weighted by atomic mass is 10.2. The van der Waals surface area contributed by atoms with Crippen molar-refractivity contribution in [3.63, 3.8) is 0 Å². The van der Waals surface area contributed by atoms with Crippen molar-refractivity contribution < 1.29 is 4.74 Å². The first-order chi connectivity index (χ1) is 5.91. The third kappa shape index (κ3) is 9.88. The van der Waals surface area contributed by atoms with Crippen LogP contribution in [-0.4, -0.2) is 26.3 Å². The molecule has 3 heteroatoms. The summed E-state index contributed by atoms with van der Waals surface area (Å²) in [6.07, 6.45) is 5.74. The maximum absolute atomic E-state index is 5.36. The predicted octanol–water partition coefficient (Wildman–Crippen LogP) is 0.871. The molecule has 4 N–H and O–H groups in total. The van der Waals surface area contributed by atoms with Crippen molar-refractivity contribution >= 4 is 0 Å². The average molecular weight is 174 g/mol. The van der Waals surface area contributed by atoms with Crippen molar-refractivity contribution in [2.45, 2.75) is 32.1 Å². The molecule has 0 aromatic carbocycles. The molecule has 0 bridgehead atoms. The number of rotatable bonds is 9. The fourth-order valence-electron chi connectivity index (χ4n) is 0.989. The van der Waals surface area contributed by atoms with Crippen LogP contribution >= 0.6 is 0 Å². The molecule has 0 aromatic rings. The van der Waals surface area contributed by atoms with Gasteiger partial charge in [-0.15, -0.1) is 0 Å². The molecule has 0 aliphatic carbocycles. The summed E-state index contributed by atoms with van der Waals surface area (Å²) in [7, 11) is 0. The van der Waals surface area contributed by atoms with Gasteiger partial charge in [-0.2, -0.15) is 0 Å². The summed E-state index contributed by atoms with van der Waals surface area (Å²) in [4.78, 5) is 0. The van der Waals surface area contributed by atoms with E-state index in [1.54, 1.807) is 0 Å². The minimum atomic E-state index is 0.729. The Morgan fingerprint density at radius 3 is 1.92 bits per heavy atom. The highest BCUT2D eigenvalue weighted by Crippen LogP contribution is 1.98. The zero-order valence-corrected chi connectivity index (χ0v) is 7.93. The van der Waals surface area contributed by atoms with E-state index in [2.05, 4.69) is 0 Å². The lowest BCUT2D eigenvalue weighted by Gasteiger charge is -2.02. The van der Waals surface area contributed by atoms with Crippen LogP contribution in [0.3, 0.4) is 0 Å². The van der Waals surface area contributed by atoms with Crippen LogP contribution in [0.4, 0.5) is 0 Å². The smallest absolute Gasteiger partial charge is 0.0478 e. The van der Waals surface area contributed by atoms with Gasteiger partial charge in [-0.3, -0.25) is 0 Å². The Balaban J connectivity index is 2.73. The molecule has 0 saturated heterocycles. The van der Waals surface area contributed by atoms with Gasteiger partial charge in [0, 0.05) is 13.2 Å². The zero-order chi connectivity index (χ0) is 9.07. The zero-order valence-electron chi connectivity index (χ0n) is 7.93. The van der Waals surface area contributed by atoms with E-state index in [0.717, 1.165) is 45.6 Å². The molecule has 0 saturated carbocycles. The van der Waals surface area contributed by atoms with Crippen LogP contribution in [0, 0.1) is 0 Å². The van der Waals surface area contributed by atoms with Gasteiger partial charge in [0.1, 0.15) is 0 Å². The van der Waals surface area contributed by atoms with Gasteiger partial charge in [-0.1, -0.05) is 12.8 Å². The molecule has 0 rings (SSSR count). The van der Waals surface area contributed by atoms with E-state index in [-0.39, 0.29) is 0 Å². The highest BCUT2D eigenvalue weighted by molar-refractivity contribution is 4.43. The second-order valence-corrected chi connectivity index (χ2v) is 2.96. The van der Waals surface area contributed by atoms with Gasteiger partial charge in [-0.25, -0.2) is 0 Å². The van der Waals surface area contributed by atoms with Crippen LogP contribution < -0.4 is 11.5 Å². The molecule has 0 aromatic heterocycles. The van der Waals surface area contributed by atoms with E-state index in [0.29, 0.717) is 0 Å². The third-order valence-corrected chi connectivity index (χ3v) is 1.74. The fraction of sp³-hybridized carbons (Fsp3) is 1.00. The quantitative estimate of drug-likeness (QED) is 0.510. The Bertz CT molecular complexity index is 68.9. The molecule has 0 unspecified atom stereocenters. The maximum atomic E-state index is 5.36. The summed E-state index contributed by atoms with van der Waals surface area (Å²) < 4.78 is 5.34. The molecule has 0 heterocycles. The summed E-state index contributed by atoms with van der Waals surface area (Å²) >= 11 is 0. The minimum absolute atomic E-state index is 0.729. The summed E-state index contributed by atoms with van der Waals surface area (Å²) in [6, 6.07) is 0. The molecule has 0 radical (unpaired) electrons. The van der Waals surface area contributed by atoms with Crippen molar-refractivity contribution in [2.75, 3.05) is 26.3 Å². The fourth-order valence-corrected chi connectivity index (χ4v) is 0.989. The molecular formula is C9H22N2O. The summed E-state index contributed by atoms with van der Waals surface area (Å²) in [5.74, 6) is 0. The number of hydrogen-bond acceptors (Lipinski definition) is 3. The van der Waals surface area contributed by atoms with Gasteiger partial charge in [-0.05, 0) is 32.4 Å². The van der Waals surface area contributed by atoms with Gasteiger partial charge >= 0.3 is 0 Å². The Morgan fingerprint density at radius 2 is 1.25 bits per heavy atom. The van der Waals surface area contributed by atoms with Crippen LogP contribution in [0.25, 0.3) is 0 Å². The molecule has 0 amide bonds. The first kappa shape index (κ1) is 11.9. The average Bonchev–Trinajstić information content (AvgIpc) is 2.10. The molecule has 0 atom stereocenters. The normalized spacial score (nSPS) is 10.5. The van der Waals surface area contributed by atoms with Gasteiger partial charge in [0.2, 0.25) is 0 Å². The van der Waals surface area contributed by atoms with Crippen LogP contribution in [0.5, 0.6) is 0 Å². The first-order valence-electron chi connectivity index (χ1n) is 4.89. The topological polar surface area (TPSA) is 61.3 Å². The maximum Gasteiger partial charge on any atom is 0.0478 e. The predicted molar refractivity (Wildman–Crippen MR) is 52.0 cm³/mol. The first-order valence-corrected chi connectivity index (χ1v) is 4.89. The lowest BCUT2D eigenvalue weighted by Crippen LogP contribution is -2.05. The van der Waals surface area contributed by atoms with E-state index in [1.807, 2.05) is 0 Å². The molecule has 0 aliphatic rings. The summed E-state index contributed by atoms with van der Waals surface area (Å²) in [5, 5.41) is 0. The van der Waals surface area contributed by atoms with Crippen LogP contribution in [0.15, 0.2) is 0 Å². The van der Waals surface area contributed by atoms with Gasteiger partial charge in [0.05, 0.1) is 0 Å². The number of unbranched alkanes of at least 4 members (excludes halogenated alkanes) is 3. The second-order valence-electron chi connectivity index (χ2n) is 2.96. The van der Waals surface area contributed by atoms with Crippen LogP contribution in [0.2, 0.25) is 0 Å². The standard InChI is InChI=1S/C9H22N2O/c10-6-3-1-2-4-8-12-9-5-7-11/h1-11H2. The van der Waals surface area contributed by atoms with Gasteiger partial charge < -0.3 is 16.2 Å². The SMILES string of the molecule is NCCCCCCOCCCN. The van der Waals surface area contributed by atoms with Crippen LogP contribution in [-0.2, 0) is 4.74 Å². The minimum Gasteiger partial charge on any atom is -0.381 e. The highest BCUT2D eigenvalue weighted by Gasteiger charge is 1.89. The number of hydrogen-bond donors (Lipinski definition) is 2. The van der Waals surface area contributed by atoms with E-state index in [9.17, 15) is 0 Å². The molecular weight excluding hydrogens is 152 g/mol. The summed E-state index contributed by atoms with van der Waals surface area (Å²) in [5.41, 5.74) is 10.7. The second kappa shape index (κ2) is 10.9. The molecule has 0 aliphatic heterocycles. The molecule has 3 nitrogen and oxygen atoms in total.